The quantitative estimate of drug-likeness (QED) is 0.303. The zero-order valence-corrected chi connectivity index (χ0v) is 21.7. The van der Waals surface area contributed by atoms with E-state index in [9.17, 15) is 14.7 Å². The van der Waals surface area contributed by atoms with E-state index in [1.54, 1.807) is 18.0 Å². The number of aliphatic hydroxyl groups is 1. The van der Waals surface area contributed by atoms with Crippen molar-refractivity contribution >= 4 is 11.9 Å². The van der Waals surface area contributed by atoms with Gasteiger partial charge in [-0.25, -0.2) is 4.98 Å². The van der Waals surface area contributed by atoms with Crippen molar-refractivity contribution in [3.63, 3.8) is 0 Å². The number of esters is 1. The Hall–Kier alpha value is -3.90. The van der Waals surface area contributed by atoms with Gasteiger partial charge in [-0.05, 0) is 62.3 Å². The van der Waals surface area contributed by atoms with Gasteiger partial charge < -0.3 is 23.8 Å². The summed E-state index contributed by atoms with van der Waals surface area (Å²) in [6.07, 6.45) is 6.69. The Morgan fingerprint density at radius 1 is 1.24 bits per heavy atom. The van der Waals surface area contributed by atoms with E-state index in [2.05, 4.69) is 26.7 Å². The van der Waals surface area contributed by atoms with Crippen LogP contribution in [0.25, 0.3) is 11.3 Å². The summed E-state index contributed by atoms with van der Waals surface area (Å²) in [7, 11) is 1.30. The second-order valence-corrected chi connectivity index (χ2v) is 10.4. The summed E-state index contributed by atoms with van der Waals surface area (Å²) in [6.45, 7) is 3.55. The Morgan fingerprint density at radius 2 is 1.97 bits per heavy atom. The van der Waals surface area contributed by atoms with E-state index >= 15 is 0 Å². The van der Waals surface area contributed by atoms with Crippen molar-refractivity contribution in [2.75, 3.05) is 20.2 Å². The number of methoxy groups -OCH3 is 1. The molecular formula is C29H32N4O5. The molecule has 0 bridgehead atoms. The van der Waals surface area contributed by atoms with Gasteiger partial charge >= 0.3 is 5.97 Å². The van der Waals surface area contributed by atoms with Gasteiger partial charge in [0.1, 0.15) is 24.0 Å². The molecular weight excluding hydrogens is 484 g/mol. The van der Waals surface area contributed by atoms with Crippen LogP contribution < -0.4 is 0 Å². The molecule has 5 rings (SSSR count). The molecule has 38 heavy (non-hydrogen) atoms. The Labute approximate surface area is 221 Å². The van der Waals surface area contributed by atoms with Crippen LogP contribution in [0, 0.1) is 23.2 Å². The first-order valence-corrected chi connectivity index (χ1v) is 13.0. The van der Waals surface area contributed by atoms with Crippen molar-refractivity contribution in [1.82, 2.24) is 19.6 Å². The third kappa shape index (κ3) is 5.65. The summed E-state index contributed by atoms with van der Waals surface area (Å²) in [6, 6.07) is 9.85. The summed E-state index contributed by atoms with van der Waals surface area (Å²) in [4.78, 5) is 29.5. The maximum absolute atomic E-state index is 12.2. The lowest BCUT2D eigenvalue weighted by atomic mass is 9.58. The van der Waals surface area contributed by atoms with Crippen LogP contribution in [0.5, 0.6) is 0 Å². The van der Waals surface area contributed by atoms with Crippen molar-refractivity contribution in [3.8, 4) is 23.2 Å². The minimum Gasteiger partial charge on any atom is -0.469 e. The normalized spacial score (nSPS) is 17.4. The molecule has 2 aromatic heterocycles. The van der Waals surface area contributed by atoms with Gasteiger partial charge in [0.05, 0.1) is 13.7 Å². The maximum atomic E-state index is 12.2. The topological polar surface area (TPSA) is 111 Å². The number of amides is 1. The number of rotatable bonds is 6. The van der Waals surface area contributed by atoms with E-state index in [4.69, 9.17) is 4.52 Å². The highest BCUT2D eigenvalue weighted by Gasteiger charge is 2.45. The minimum atomic E-state index is -0.654. The first-order valence-electron chi connectivity index (χ1n) is 13.0. The van der Waals surface area contributed by atoms with Crippen LogP contribution in [0.15, 0.2) is 47.2 Å². The average Bonchev–Trinajstić information content (AvgIpc) is 3.57. The Bertz CT molecular complexity index is 1350. The first-order chi connectivity index (χ1) is 18.3. The van der Waals surface area contributed by atoms with Crippen LogP contribution in [0.3, 0.4) is 0 Å². The predicted molar refractivity (Wildman–Crippen MR) is 138 cm³/mol. The second kappa shape index (κ2) is 10.8. The molecule has 9 heteroatoms. The number of likely N-dealkylation sites (tertiary alicyclic amines) is 1. The number of aliphatic hydroxyl groups excluding tert-OH is 1. The average molecular weight is 517 g/mol. The molecule has 2 aliphatic rings. The third-order valence-corrected chi connectivity index (χ3v) is 7.66. The molecule has 1 saturated heterocycles. The van der Waals surface area contributed by atoms with E-state index in [-0.39, 0.29) is 17.7 Å². The molecule has 1 saturated carbocycles. The van der Waals surface area contributed by atoms with Crippen molar-refractivity contribution in [2.24, 2.45) is 11.3 Å². The fourth-order valence-corrected chi connectivity index (χ4v) is 5.46. The molecule has 1 aromatic carbocycles. The predicted octanol–water partition coefficient (Wildman–Crippen LogP) is 3.57. The van der Waals surface area contributed by atoms with Crippen LogP contribution in [-0.4, -0.2) is 56.8 Å². The van der Waals surface area contributed by atoms with E-state index in [0.29, 0.717) is 37.1 Å². The van der Waals surface area contributed by atoms with Gasteiger partial charge in [0.2, 0.25) is 5.91 Å². The summed E-state index contributed by atoms with van der Waals surface area (Å²) in [5.74, 6) is 7.74. The second-order valence-electron chi connectivity index (χ2n) is 10.4. The van der Waals surface area contributed by atoms with E-state index in [0.717, 1.165) is 42.5 Å². The smallest absolute Gasteiger partial charge is 0.315 e. The number of benzene rings is 1. The molecule has 3 aromatic rings. The van der Waals surface area contributed by atoms with E-state index in [1.807, 2.05) is 41.1 Å². The number of hydrogen-bond donors (Lipinski definition) is 1. The molecule has 198 valence electrons. The fraction of sp³-hybridized carbons (Fsp3) is 0.448. The number of imidazole rings is 1. The zero-order chi connectivity index (χ0) is 26.7. The lowest BCUT2D eigenvalue weighted by Crippen LogP contribution is -2.48. The van der Waals surface area contributed by atoms with Crippen LogP contribution in [-0.2, 0) is 20.9 Å². The van der Waals surface area contributed by atoms with E-state index < -0.39 is 12.1 Å². The number of carbonyl (C=O) groups excluding carboxylic acids is 2. The molecule has 1 aliphatic heterocycles. The highest BCUT2D eigenvalue weighted by Crippen LogP contribution is 2.52. The standard InChI is InChI=1S/C29H32N4O5/c1-20(34)28-30-11-14-33(28)19-24-15-25(38-31-24)23-7-5-21(6-8-23)3-4-22-17-29(18-22)9-12-32(13-10-29)26(35)16-27(36)37-2/h5-8,11,14-15,20,22,34H,9-10,12-13,16-19H2,1-2H3/t20-/m0/s1. The van der Waals surface area contributed by atoms with Gasteiger partial charge in [0.15, 0.2) is 5.76 Å². The summed E-state index contributed by atoms with van der Waals surface area (Å²) >= 11 is 0. The van der Waals surface area contributed by atoms with Gasteiger partial charge in [-0.3, -0.25) is 9.59 Å². The fourth-order valence-electron chi connectivity index (χ4n) is 5.46. The number of ether oxygens (including phenoxy) is 1. The minimum absolute atomic E-state index is 0.143. The molecule has 1 atom stereocenters. The SMILES string of the molecule is COC(=O)CC(=O)N1CCC2(CC1)CC(C#Cc1ccc(-c3cc(Cn4ccnc4[C@H](C)O)no3)cc1)C2. The Morgan fingerprint density at radius 3 is 2.66 bits per heavy atom. The summed E-state index contributed by atoms with van der Waals surface area (Å²) in [5.41, 5.74) is 2.91. The van der Waals surface area contributed by atoms with Crippen LogP contribution in [0.4, 0.5) is 0 Å². The highest BCUT2D eigenvalue weighted by atomic mass is 16.5. The van der Waals surface area contributed by atoms with Crippen molar-refractivity contribution in [2.45, 2.75) is 51.7 Å². The van der Waals surface area contributed by atoms with Gasteiger partial charge in [-0.15, -0.1) is 0 Å². The van der Waals surface area contributed by atoms with Gasteiger partial charge in [-0.2, -0.15) is 0 Å². The lowest BCUT2D eigenvalue weighted by Gasteiger charge is -2.50. The zero-order valence-electron chi connectivity index (χ0n) is 21.7. The van der Waals surface area contributed by atoms with Gasteiger partial charge in [-0.1, -0.05) is 17.0 Å². The third-order valence-electron chi connectivity index (χ3n) is 7.66. The van der Waals surface area contributed by atoms with E-state index in [1.165, 1.54) is 7.11 Å². The molecule has 9 nitrogen and oxygen atoms in total. The van der Waals surface area contributed by atoms with Crippen molar-refractivity contribution < 1.29 is 24.0 Å². The molecule has 0 unspecified atom stereocenters. The number of hydrogen-bond acceptors (Lipinski definition) is 7. The van der Waals surface area contributed by atoms with Crippen molar-refractivity contribution in [3.05, 3.63) is 59.8 Å². The lowest BCUT2D eigenvalue weighted by molar-refractivity contribution is -0.148. The number of piperidine rings is 1. The largest absolute Gasteiger partial charge is 0.469 e. The van der Waals surface area contributed by atoms with Crippen LogP contribution >= 0.6 is 0 Å². The van der Waals surface area contributed by atoms with Gasteiger partial charge in [0, 0.05) is 48.6 Å². The summed E-state index contributed by atoms with van der Waals surface area (Å²) in [5, 5.41) is 14.0. The molecule has 0 radical (unpaired) electrons. The molecule has 1 aliphatic carbocycles. The maximum Gasteiger partial charge on any atom is 0.315 e. The van der Waals surface area contributed by atoms with Crippen molar-refractivity contribution in [1.29, 1.82) is 0 Å². The molecule has 1 amide bonds. The van der Waals surface area contributed by atoms with Crippen LogP contribution in [0.1, 0.15) is 62.2 Å². The molecule has 3 heterocycles. The highest BCUT2D eigenvalue weighted by molar-refractivity contribution is 5.94. The number of aromatic nitrogens is 3. The Kier molecular flexibility index (Phi) is 7.34. The molecule has 1 spiro atoms. The summed E-state index contributed by atoms with van der Waals surface area (Å²) < 4.78 is 12.0. The molecule has 1 N–H and O–H groups in total. The first kappa shape index (κ1) is 25.7. The number of nitrogens with zero attached hydrogens (tertiary/aromatic N) is 4. The Balaban J connectivity index is 1.11. The molecule has 2 fully saturated rings. The van der Waals surface area contributed by atoms with Gasteiger partial charge in [0.25, 0.3) is 0 Å². The monoisotopic (exact) mass is 516 g/mol. The number of carbonyl (C=O) groups is 2. The van der Waals surface area contributed by atoms with Crippen LogP contribution in [0.2, 0.25) is 0 Å².